The Bertz CT molecular complexity index is 803. The average Bonchev–Trinajstić information content (AvgIpc) is 2.94. The molecule has 0 aliphatic carbocycles. The fourth-order valence-corrected chi connectivity index (χ4v) is 3.42. The number of nitrogens with one attached hydrogen (secondary N) is 1. The molecule has 2 heterocycles. The van der Waals surface area contributed by atoms with Crippen LogP contribution in [0.4, 0.5) is 15.9 Å². The molecule has 1 unspecified atom stereocenters. The van der Waals surface area contributed by atoms with Crippen molar-refractivity contribution in [3.05, 3.63) is 54.0 Å². The van der Waals surface area contributed by atoms with E-state index in [1.54, 1.807) is 31.5 Å². The maximum absolute atomic E-state index is 13.7. The van der Waals surface area contributed by atoms with Gasteiger partial charge in [0.25, 0.3) is 5.91 Å². The molecule has 1 aromatic heterocycles. The number of ether oxygens (including phenoxy) is 1. The summed E-state index contributed by atoms with van der Waals surface area (Å²) in [5, 5.41) is 12.6. The molecule has 0 saturated carbocycles. The second-order valence-electron chi connectivity index (χ2n) is 7.09. The van der Waals surface area contributed by atoms with Crippen molar-refractivity contribution >= 4 is 17.4 Å². The van der Waals surface area contributed by atoms with Crippen molar-refractivity contribution < 1.29 is 19.0 Å². The average molecular weight is 402 g/mol. The molecule has 1 aliphatic heterocycles. The summed E-state index contributed by atoms with van der Waals surface area (Å²) in [5.41, 5.74) is 0.515. The van der Waals surface area contributed by atoms with Gasteiger partial charge in [-0.05, 0) is 37.2 Å². The third-order valence-electron chi connectivity index (χ3n) is 4.86. The summed E-state index contributed by atoms with van der Waals surface area (Å²) in [6, 6.07) is 9.49. The predicted octanol–water partition coefficient (Wildman–Crippen LogP) is 1.99. The van der Waals surface area contributed by atoms with E-state index in [2.05, 4.69) is 20.1 Å². The number of anilines is 2. The standard InChI is InChI=1S/C21H27FN4O3/c1-29-15-17(27)14-25-9-4-10-26(12-11-25)20-8-7-16(13-23-20)24-21(28)18-5-2-3-6-19(18)22/h2-3,5-8,13,17,27H,4,9-12,14-15H2,1H3,(H,24,28). The monoisotopic (exact) mass is 402 g/mol. The lowest BCUT2D eigenvalue weighted by atomic mass is 10.2. The normalized spacial score (nSPS) is 16.3. The number of pyridine rings is 1. The first-order valence-corrected chi connectivity index (χ1v) is 9.73. The molecule has 7 nitrogen and oxygen atoms in total. The Morgan fingerprint density at radius 1 is 1.24 bits per heavy atom. The van der Waals surface area contributed by atoms with E-state index in [-0.39, 0.29) is 5.56 Å². The lowest BCUT2D eigenvalue weighted by molar-refractivity contribution is 0.0392. The number of β-amino-alcohol motifs (C(OH)–C–C–N with tert-alkyl or cyclic N) is 1. The number of hydrogen-bond donors (Lipinski definition) is 2. The maximum Gasteiger partial charge on any atom is 0.258 e. The predicted molar refractivity (Wildman–Crippen MR) is 110 cm³/mol. The molecule has 156 valence electrons. The second kappa shape index (κ2) is 10.3. The van der Waals surface area contributed by atoms with Crippen LogP contribution in [0.3, 0.4) is 0 Å². The third-order valence-corrected chi connectivity index (χ3v) is 4.86. The lowest BCUT2D eigenvalue weighted by Gasteiger charge is -2.24. The third kappa shape index (κ3) is 5.96. The van der Waals surface area contributed by atoms with E-state index < -0.39 is 17.8 Å². The van der Waals surface area contributed by atoms with Gasteiger partial charge in [0.2, 0.25) is 0 Å². The molecule has 8 heteroatoms. The van der Waals surface area contributed by atoms with Crippen LogP contribution >= 0.6 is 0 Å². The quantitative estimate of drug-likeness (QED) is 0.738. The van der Waals surface area contributed by atoms with Crippen molar-refractivity contribution in [1.29, 1.82) is 0 Å². The number of halogens is 1. The molecule has 2 N–H and O–H groups in total. The highest BCUT2D eigenvalue weighted by Crippen LogP contribution is 2.18. The first-order valence-electron chi connectivity index (χ1n) is 9.73. The molecule has 3 rings (SSSR count). The van der Waals surface area contributed by atoms with E-state index in [1.807, 2.05) is 6.07 Å². The van der Waals surface area contributed by atoms with E-state index in [1.165, 1.54) is 12.1 Å². The van der Waals surface area contributed by atoms with Crippen molar-refractivity contribution in [2.45, 2.75) is 12.5 Å². The lowest BCUT2D eigenvalue weighted by Crippen LogP contribution is -2.37. The fraction of sp³-hybridized carbons (Fsp3) is 0.429. The summed E-state index contributed by atoms with van der Waals surface area (Å²) in [5.74, 6) is -0.231. The minimum atomic E-state index is -0.556. The van der Waals surface area contributed by atoms with Crippen LogP contribution in [0.1, 0.15) is 16.8 Å². The van der Waals surface area contributed by atoms with Gasteiger partial charge in [-0.1, -0.05) is 12.1 Å². The van der Waals surface area contributed by atoms with Crippen LogP contribution in [-0.2, 0) is 4.74 Å². The molecular weight excluding hydrogens is 375 g/mol. The topological polar surface area (TPSA) is 77.9 Å². The van der Waals surface area contributed by atoms with Gasteiger partial charge in [0.1, 0.15) is 11.6 Å². The molecule has 0 bridgehead atoms. The van der Waals surface area contributed by atoms with Crippen LogP contribution in [0.5, 0.6) is 0 Å². The Kier molecular flexibility index (Phi) is 7.51. The van der Waals surface area contributed by atoms with Crippen LogP contribution in [0.2, 0.25) is 0 Å². The van der Waals surface area contributed by atoms with Crippen LogP contribution in [0.15, 0.2) is 42.6 Å². The van der Waals surface area contributed by atoms with Crippen molar-refractivity contribution in [2.24, 2.45) is 0 Å². The SMILES string of the molecule is COCC(O)CN1CCCN(c2ccc(NC(=O)c3ccccc3F)cn2)CC1. The molecule has 0 radical (unpaired) electrons. The molecule has 2 aromatic rings. The number of aliphatic hydroxyl groups excluding tert-OH is 1. The van der Waals surface area contributed by atoms with Crippen LogP contribution < -0.4 is 10.2 Å². The Hall–Kier alpha value is -2.55. The van der Waals surface area contributed by atoms with E-state index in [4.69, 9.17) is 4.74 Å². The van der Waals surface area contributed by atoms with E-state index in [0.29, 0.717) is 18.8 Å². The highest BCUT2D eigenvalue weighted by Gasteiger charge is 2.18. The van der Waals surface area contributed by atoms with Crippen molar-refractivity contribution in [1.82, 2.24) is 9.88 Å². The highest BCUT2D eigenvalue weighted by molar-refractivity contribution is 6.04. The summed E-state index contributed by atoms with van der Waals surface area (Å²) in [6.07, 6.45) is 2.06. The second-order valence-corrected chi connectivity index (χ2v) is 7.09. The minimum Gasteiger partial charge on any atom is -0.389 e. The zero-order valence-corrected chi connectivity index (χ0v) is 16.6. The van der Waals surface area contributed by atoms with Crippen molar-refractivity contribution in [2.75, 3.05) is 56.7 Å². The van der Waals surface area contributed by atoms with Gasteiger partial charge in [-0.3, -0.25) is 9.69 Å². The number of benzene rings is 1. The van der Waals surface area contributed by atoms with Gasteiger partial charge in [-0.25, -0.2) is 9.37 Å². The first-order chi connectivity index (χ1) is 14.1. The number of nitrogens with zero attached hydrogens (tertiary/aromatic N) is 3. The number of carbonyl (C=O) groups excluding carboxylic acids is 1. The van der Waals surface area contributed by atoms with Crippen molar-refractivity contribution in [3.8, 4) is 0 Å². The molecule has 1 aromatic carbocycles. The zero-order chi connectivity index (χ0) is 20.6. The van der Waals surface area contributed by atoms with Gasteiger partial charge in [0.05, 0.1) is 30.2 Å². The summed E-state index contributed by atoms with van der Waals surface area (Å²) >= 11 is 0. The van der Waals surface area contributed by atoms with Crippen LogP contribution in [0.25, 0.3) is 0 Å². The van der Waals surface area contributed by atoms with E-state index in [9.17, 15) is 14.3 Å². The number of methoxy groups -OCH3 is 1. The van der Waals surface area contributed by atoms with Gasteiger partial charge >= 0.3 is 0 Å². The summed E-state index contributed by atoms with van der Waals surface area (Å²) in [7, 11) is 1.58. The van der Waals surface area contributed by atoms with Crippen LogP contribution in [-0.4, -0.2) is 73.4 Å². The van der Waals surface area contributed by atoms with Gasteiger partial charge in [0, 0.05) is 33.3 Å². The van der Waals surface area contributed by atoms with Crippen LogP contribution in [0, 0.1) is 5.82 Å². The number of rotatable bonds is 7. The van der Waals surface area contributed by atoms with Gasteiger partial charge in [-0.2, -0.15) is 0 Å². The Morgan fingerprint density at radius 2 is 2.07 bits per heavy atom. The smallest absolute Gasteiger partial charge is 0.258 e. The maximum atomic E-state index is 13.7. The molecular formula is C21H27FN4O3. The highest BCUT2D eigenvalue weighted by atomic mass is 19.1. The Morgan fingerprint density at radius 3 is 2.79 bits per heavy atom. The van der Waals surface area contributed by atoms with Gasteiger partial charge in [0.15, 0.2) is 0 Å². The molecule has 1 saturated heterocycles. The number of amides is 1. The number of hydrogen-bond acceptors (Lipinski definition) is 6. The molecule has 1 aliphatic rings. The van der Waals surface area contributed by atoms with E-state index >= 15 is 0 Å². The fourth-order valence-electron chi connectivity index (χ4n) is 3.42. The van der Waals surface area contributed by atoms with Gasteiger partial charge in [-0.15, -0.1) is 0 Å². The largest absolute Gasteiger partial charge is 0.389 e. The Labute approximate surface area is 170 Å². The van der Waals surface area contributed by atoms with Crippen molar-refractivity contribution in [3.63, 3.8) is 0 Å². The molecule has 0 spiro atoms. The number of carbonyl (C=O) groups is 1. The van der Waals surface area contributed by atoms with E-state index in [0.717, 1.165) is 38.4 Å². The Balaban J connectivity index is 1.56. The summed E-state index contributed by atoms with van der Waals surface area (Å²) in [4.78, 5) is 21.1. The molecule has 29 heavy (non-hydrogen) atoms. The summed E-state index contributed by atoms with van der Waals surface area (Å²) in [6.45, 7) is 4.33. The number of aliphatic hydroxyl groups is 1. The summed E-state index contributed by atoms with van der Waals surface area (Å²) < 4.78 is 18.7. The zero-order valence-electron chi connectivity index (χ0n) is 16.6. The minimum absolute atomic E-state index is 0.000142. The molecule has 1 atom stereocenters. The molecule has 1 fully saturated rings. The molecule has 1 amide bonds. The number of aromatic nitrogens is 1. The first kappa shape index (κ1) is 21.2. The van der Waals surface area contributed by atoms with Gasteiger partial charge < -0.3 is 20.1 Å².